The molecule has 2 aromatic carbocycles. The fraction of sp³-hybridized carbons (Fsp3) is 0.538. The van der Waals surface area contributed by atoms with Crippen molar-refractivity contribution in [2.24, 2.45) is 0 Å². The molecule has 0 amide bonds. The van der Waals surface area contributed by atoms with Gasteiger partial charge >= 0.3 is 0 Å². The van der Waals surface area contributed by atoms with E-state index in [2.05, 4.69) is 11.8 Å². The number of aryl methyl sites for hydroxylation is 2. The molecule has 2 nitrogen and oxygen atoms in total. The molecule has 0 saturated heterocycles. The Labute approximate surface area is 181 Å². The maximum atomic E-state index is 9.76. The SMILES string of the molecule is Oc1ccccc1CCCCCCCSCCCCCCCc1ccccc1O. The minimum absolute atomic E-state index is 0.444. The predicted octanol–water partition coefficient (Wildman–Crippen LogP) is 7.52. The minimum atomic E-state index is 0.444. The van der Waals surface area contributed by atoms with Crippen molar-refractivity contribution in [1.82, 2.24) is 0 Å². The molecule has 3 heteroatoms. The second-order valence-electron chi connectivity index (χ2n) is 7.91. The van der Waals surface area contributed by atoms with Crippen molar-refractivity contribution in [3.8, 4) is 11.5 Å². The van der Waals surface area contributed by atoms with Gasteiger partial charge in [-0.25, -0.2) is 0 Å². The van der Waals surface area contributed by atoms with Gasteiger partial charge in [0.15, 0.2) is 0 Å². The van der Waals surface area contributed by atoms with Gasteiger partial charge in [-0.3, -0.25) is 0 Å². The maximum absolute atomic E-state index is 9.76. The van der Waals surface area contributed by atoms with Gasteiger partial charge in [0.1, 0.15) is 11.5 Å². The number of rotatable bonds is 16. The molecule has 0 aliphatic heterocycles. The molecule has 0 aliphatic rings. The van der Waals surface area contributed by atoms with Crippen LogP contribution in [0, 0.1) is 0 Å². The van der Waals surface area contributed by atoms with Gasteiger partial charge in [0.25, 0.3) is 0 Å². The summed E-state index contributed by atoms with van der Waals surface area (Å²) in [6.07, 6.45) is 14.8. The fourth-order valence-electron chi connectivity index (χ4n) is 3.65. The highest BCUT2D eigenvalue weighted by molar-refractivity contribution is 7.99. The Kier molecular flexibility index (Phi) is 12.5. The molecule has 0 fully saturated rings. The number of aromatic hydroxyl groups is 2. The van der Waals surface area contributed by atoms with Crippen LogP contribution >= 0.6 is 11.8 Å². The zero-order valence-electron chi connectivity index (χ0n) is 17.8. The molecule has 2 aromatic rings. The van der Waals surface area contributed by atoms with Crippen LogP contribution in [-0.4, -0.2) is 21.7 Å². The molecule has 0 bridgehead atoms. The van der Waals surface area contributed by atoms with Crippen molar-refractivity contribution >= 4 is 11.8 Å². The van der Waals surface area contributed by atoms with E-state index in [1.807, 2.05) is 36.4 Å². The second kappa shape index (κ2) is 15.3. The van der Waals surface area contributed by atoms with Crippen molar-refractivity contribution < 1.29 is 10.2 Å². The predicted molar refractivity (Wildman–Crippen MR) is 127 cm³/mol. The van der Waals surface area contributed by atoms with Gasteiger partial charge in [-0.15, -0.1) is 0 Å². The van der Waals surface area contributed by atoms with Crippen LogP contribution < -0.4 is 0 Å². The molecule has 0 aromatic heterocycles. The molecule has 160 valence electrons. The monoisotopic (exact) mass is 414 g/mol. The first-order valence-corrected chi connectivity index (χ1v) is 12.5. The summed E-state index contributed by atoms with van der Waals surface area (Å²) in [6, 6.07) is 15.4. The van der Waals surface area contributed by atoms with E-state index in [0.29, 0.717) is 11.5 Å². The fourth-order valence-corrected chi connectivity index (χ4v) is 4.67. The van der Waals surface area contributed by atoms with E-state index in [1.54, 1.807) is 12.1 Å². The molecular formula is C26H38O2S. The van der Waals surface area contributed by atoms with Gasteiger partial charge in [0.2, 0.25) is 0 Å². The highest BCUT2D eigenvalue weighted by Crippen LogP contribution is 2.20. The third-order valence-corrected chi connectivity index (χ3v) is 6.61. The van der Waals surface area contributed by atoms with E-state index in [-0.39, 0.29) is 0 Å². The summed E-state index contributed by atoms with van der Waals surface area (Å²) in [6.45, 7) is 0. The number of benzene rings is 2. The van der Waals surface area contributed by atoms with E-state index < -0.39 is 0 Å². The summed E-state index contributed by atoms with van der Waals surface area (Å²) in [5.74, 6) is 3.48. The van der Waals surface area contributed by atoms with Gasteiger partial charge in [0, 0.05) is 0 Å². The molecule has 2 rings (SSSR count). The Morgan fingerprint density at radius 2 is 0.862 bits per heavy atom. The Hall–Kier alpha value is -1.61. The van der Waals surface area contributed by atoms with Crippen LogP contribution in [0.3, 0.4) is 0 Å². The third kappa shape index (κ3) is 10.7. The standard InChI is InChI=1S/C26H38O2S/c27-25-19-11-9-17-23(25)15-7-3-1-5-13-21-29-22-14-6-2-4-8-16-24-18-10-12-20-26(24)28/h9-12,17-20,27-28H,1-8,13-16,21-22H2. The average Bonchev–Trinajstić information content (AvgIpc) is 2.73. The Bertz CT molecular complexity index is 614. The number of thioether (sulfide) groups is 1. The molecular weight excluding hydrogens is 376 g/mol. The van der Waals surface area contributed by atoms with E-state index in [4.69, 9.17) is 0 Å². The van der Waals surface area contributed by atoms with Crippen molar-refractivity contribution in [3.05, 3.63) is 59.7 Å². The second-order valence-corrected chi connectivity index (χ2v) is 9.13. The number of hydrogen-bond donors (Lipinski definition) is 2. The minimum Gasteiger partial charge on any atom is -0.508 e. The number of unbranched alkanes of at least 4 members (excludes halogenated alkanes) is 8. The topological polar surface area (TPSA) is 40.5 Å². The lowest BCUT2D eigenvalue weighted by molar-refractivity contribution is 0.465. The lowest BCUT2D eigenvalue weighted by Crippen LogP contribution is -1.89. The van der Waals surface area contributed by atoms with Gasteiger partial charge in [-0.05, 0) is 73.3 Å². The van der Waals surface area contributed by atoms with E-state index in [0.717, 1.165) is 24.0 Å². The summed E-state index contributed by atoms with van der Waals surface area (Å²) in [7, 11) is 0. The Balaban J connectivity index is 1.31. The molecule has 0 saturated carbocycles. The van der Waals surface area contributed by atoms with E-state index in [9.17, 15) is 10.2 Å². The first kappa shape index (κ1) is 23.7. The highest BCUT2D eigenvalue weighted by atomic mass is 32.2. The third-order valence-electron chi connectivity index (χ3n) is 5.45. The first-order chi connectivity index (χ1) is 14.3. The summed E-state index contributed by atoms with van der Waals surface area (Å²) in [5.41, 5.74) is 2.17. The van der Waals surface area contributed by atoms with E-state index >= 15 is 0 Å². The van der Waals surface area contributed by atoms with Crippen molar-refractivity contribution in [1.29, 1.82) is 0 Å². The normalized spacial score (nSPS) is 11.0. The van der Waals surface area contributed by atoms with Crippen LogP contribution in [0.15, 0.2) is 48.5 Å². The summed E-state index contributed by atoms with van der Waals surface area (Å²) < 4.78 is 0. The maximum Gasteiger partial charge on any atom is 0.118 e. The van der Waals surface area contributed by atoms with Crippen molar-refractivity contribution in [3.63, 3.8) is 0 Å². The molecule has 0 spiro atoms. The van der Waals surface area contributed by atoms with Gasteiger partial charge < -0.3 is 10.2 Å². The van der Waals surface area contributed by atoms with E-state index in [1.165, 1.54) is 75.7 Å². The Morgan fingerprint density at radius 3 is 1.31 bits per heavy atom. The summed E-state index contributed by atoms with van der Waals surface area (Å²) in [5, 5.41) is 19.5. The quantitative estimate of drug-likeness (QED) is 0.279. The zero-order chi connectivity index (χ0) is 20.6. The van der Waals surface area contributed by atoms with Crippen LogP contribution in [0.5, 0.6) is 11.5 Å². The molecule has 2 N–H and O–H groups in total. The summed E-state index contributed by atoms with van der Waals surface area (Å²) >= 11 is 2.11. The number of phenolic OH excluding ortho intramolecular Hbond substituents is 2. The van der Waals surface area contributed by atoms with Crippen molar-refractivity contribution in [2.45, 2.75) is 77.0 Å². The van der Waals surface area contributed by atoms with Crippen molar-refractivity contribution in [2.75, 3.05) is 11.5 Å². The van der Waals surface area contributed by atoms with Crippen LogP contribution in [0.25, 0.3) is 0 Å². The molecule has 0 aliphatic carbocycles. The lowest BCUT2D eigenvalue weighted by Gasteiger charge is -2.05. The van der Waals surface area contributed by atoms with Crippen LogP contribution in [-0.2, 0) is 12.8 Å². The summed E-state index contributed by atoms with van der Waals surface area (Å²) in [4.78, 5) is 0. The zero-order valence-corrected chi connectivity index (χ0v) is 18.6. The molecule has 0 unspecified atom stereocenters. The lowest BCUT2D eigenvalue weighted by atomic mass is 10.0. The number of para-hydroxylation sites is 2. The van der Waals surface area contributed by atoms with Gasteiger partial charge in [-0.2, -0.15) is 11.8 Å². The Morgan fingerprint density at radius 1 is 0.483 bits per heavy atom. The average molecular weight is 415 g/mol. The van der Waals surface area contributed by atoms with Crippen LogP contribution in [0.4, 0.5) is 0 Å². The molecule has 0 atom stereocenters. The molecule has 0 heterocycles. The van der Waals surface area contributed by atoms with Crippen LogP contribution in [0.2, 0.25) is 0 Å². The molecule has 29 heavy (non-hydrogen) atoms. The first-order valence-electron chi connectivity index (χ1n) is 11.4. The number of hydrogen-bond acceptors (Lipinski definition) is 3. The van der Waals surface area contributed by atoms with Gasteiger partial charge in [-0.1, -0.05) is 74.9 Å². The largest absolute Gasteiger partial charge is 0.508 e. The van der Waals surface area contributed by atoms with Gasteiger partial charge in [0.05, 0.1) is 0 Å². The smallest absolute Gasteiger partial charge is 0.118 e. The van der Waals surface area contributed by atoms with Crippen LogP contribution in [0.1, 0.15) is 75.3 Å². The highest BCUT2D eigenvalue weighted by Gasteiger charge is 2.00. The number of phenols is 2. The molecule has 0 radical (unpaired) electrons.